The molecule has 0 atom stereocenters. The summed E-state index contributed by atoms with van der Waals surface area (Å²) in [5.74, 6) is -1.42. The Bertz CT molecular complexity index is 646. The molecule has 0 heterocycles. The summed E-state index contributed by atoms with van der Waals surface area (Å²) in [6.45, 7) is 3.92. The van der Waals surface area contributed by atoms with Crippen LogP contribution in [0.1, 0.15) is 48.9 Å². The van der Waals surface area contributed by atoms with Crippen molar-refractivity contribution in [3.63, 3.8) is 0 Å². The van der Waals surface area contributed by atoms with Gasteiger partial charge in [0.05, 0.1) is 5.41 Å². The van der Waals surface area contributed by atoms with Crippen molar-refractivity contribution in [3.05, 3.63) is 42.5 Å². The Morgan fingerprint density at radius 3 is 2.32 bits per heavy atom. The number of aliphatic carboxylic acids is 1. The van der Waals surface area contributed by atoms with Crippen molar-refractivity contribution in [1.29, 1.82) is 0 Å². The third-order valence-corrected chi connectivity index (χ3v) is 4.60. The molecule has 0 bridgehead atoms. The van der Waals surface area contributed by atoms with Gasteiger partial charge in [0.25, 0.3) is 5.91 Å². The number of rotatable bonds is 7. The number of carboxylic acid groups (broad SMARTS) is 1. The topological polar surface area (TPSA) is 95.5 Å². The second-order valence-electron chi connectivity index (χ2n) is 6.45. The fourth-order valence-electron chi connectivity index (χ4n) is 3.18. The van der Waals surface area contributed by atoms with Crippen LogP contribution < -0.4 is 10.6 Å². The number of hydrogen-bond acceptors (Lipinski definition) is 3. The summed E-state index contributed by atoms with van der Waals surface area (Å²) >= 11 is 0. The lowest BCUT2D eigenvalue weighted by molar-refractivity contribution is -0.153. The summed E-state index contributed by atoms with van der Waals surface area (Å²) in [4.78, 5) is 35.7. The number of anilines is 1. The number of nitrogens with one attached hydrogen (secondary N) is 2. The molecule has 2 rings (SSSR count). The second kappa shape index (κ2) is 8.46. The van der Waals surface area contributed by atoms with Crippen LogP contribution in [0, 0.1) is 5.41 Å². The Hall–Kier alpha value is -2.63. The van der Waals surface area contributed by atoms with Gasteiger partial charge in [0.1, 0.15) is 0 Å². The first kappa shape index (κ1) is 18.7. The maximum absolute atomic E-state index is 12.3. The first-order chi connectivity index (χ1) is 12.0. The molecule has 0 aliphatic heterocycles. The van der Waals surface area contributed by atoms with Crippen molar-refractivity contribution in [1.82, 2.24) is 5.32 Å². The Morgan fingerprint density at radius 1 is 1.12 bits per heavy atom. The maximum atomic E-state index is 12.3. The van der Waals surface area contributed by atoms with Crippen molar-refractivity contribution in [3.8, 4) is 0 Å². The molecule has 1 saturated carbocycles. The van der Waals surface area contributed by atoms with E-state index in [0.29, 0.717) is 30.6 Å². The predicted molar refractivity (Wildman–Crippen MR) is 95.4 cm³/mol. The van der Waals surface area contributed by atoms with E-state index in [-0.39, 0.29) is 18.2 Å². The van der Waals surface area contributed by atoms with Gasteiger partial charge in [0.15, 0.2) is 0 Å². The van der Waals surface area contributed by atoms with E-state index in [4.69, 9.17) is 0 Å². The van der Waals surface area contributed by atoms with Gasteiger partial charge in [-0.05, 0) is 37.1 Å². The molecule has 25 heavy (non-hydrogen) atoms. The lowest BCUT2D eigenvalue weighted by Crippen LogP contribution is -2.37. The highest BCUT2D eigenvalue weighted by Crippen LogP contribution is 2.39. The van der Waals surface area contributed by atoms with Gasteiger partial charge in [-0.3, -0.25) is 14.4 Å². The minimum absolute atomic E-state index is 0.0239. The van der Waals surface area contributed by atoms with Crippen molar-refractivity contribution in [2.45, 2.75) is 38.5 Å². The highest BCUT2D eigenvalue weighted by Gasteiger charge is 2.41. The number of carbonyl (C=O) groups is 3. The minimum atomic E-state index is -0.952. The van der Waals surface area contributed by atoms with Crippen molar-refractivity contribution in [2.75, 3.05) is 11.9 Å². The van der Waals surface area contributed by atoms with Crippen LogP contribution >= 0.6 is 0 Å². The van der Waals surface area contributed by atoms with Crippen LogP contribution in [0.2, 0.25) is 0 Å². The van der Waals surface area contributed by atoms with Gasteiger partial charge in [-0.1, -0.05) is 25.3 Å². The summed E-state index contributed by atoms with van der Waals surface area (Å²) < 4.78 is 0. The molecule has 134 valence electrons. The quantitative estimate of drug-likeness (QED) is 0.663. The van der Waals surface area contributed by atoms with E-state index in [0.717, 1.165) is 19.3 Å². The number of amides is 2. The Morgan fingerprint density at radius 2 is 1.76 bits per heavy atom. The van der Waals surface area contributed by atoms with Crippen LogP contribution in [0.4, 0.5) is 5.69 Å². The van der Waals surface area contributed by atoms with E-state index in [1.807, 2.05) is 0 Å². The molecular weight excluding hydrogens is 320 g/mol. The van der Waals surface area contributed by atoms with Crippen LogP contribution in [0.15, 0.2) is 36.9 Å². The molecule has 1 aliphatic rings. The number of carboxylic acids is 1. The molecule has 1 fully saturated rings. The monoisotopic (exact) mass is 344 g/mol. The molecule has 0 aromatic heterocycles. The highest BCUT2D eigenvalue weighted by molar-refractivity contribution is 5.96. The minimum Gasteiger partial charge on any atom is -0.481 e. The molecule has 1 aliphatic carbocycles. The molecule has 0 spiro atoms. The lowest BCUT2D eigenvalue weighted by Gasteiger charge is -2.32. The van der Waals surface area contributed by atoms with Crippen LogP contribution in [0.25, 0.3) is 0 Å². The Kier molecular flexibility index (Phi) is 6.33. The Labute approximate surface area is 147 Å². The van der Waals surface area contributed by atoms with Crippen LogP contribution in [-0.4, -0.2) is 29.4 Å². The van der Waals surface area contributed by atoms with Gasteiger partial charge in [-0.2, -0.15) is 0 Å². The average molecular weight is 344 g/mol. The summed E-state index contributed by atoms with van der Waals surface area (Å²) in [5, 5.41) is 14.9. The SMILES string of the molecule is C=CCNC(=O)c1ccc(NC(=O)CC2(C(=O)O)CCCCC2)cc1. The number of hydrogen-bond donors (Lipinski definition) is 3. The molecule has 6 nitrogen and oxygen atoms in total. The molecule has 0 radical (unpaired) electrons. The molecule has 0 unspecified atom stereocenters. The van der Waals surface area contributed by atoms with Gasteiger partial charge in [0, 0.05) is 24.2 Å². The first-order valence-corrected chi connectivity index (χ1v) is 8.49. The molecule has 3 N–H and O–H groups in total. The zero-order chi connectivity index (χ0) is 18.3. The predicted octanol–water partition coefficient (Wildman–Crippen LogP) is 2.97. The molecule has 2 amide bonds. The third kappa shape index (κ3) is 4.92. The number of carbonyl (C=O) groups excluding carboxylic acids is 2. The fraction of sp³-hybridized carbons (Fsp3) is 0.421. The van der Waals surface area contributed by atoms with Crippen LogP contribution in [0.3, 0.4) is 0 Å². The Balaban J connectivity index is 1.96. The zero-order valence-corrected chi connectivity index (χ0v) is 14.2. The van der Waals surface area contributed by atoms with Gasteiger partial charge >= 0.3 is 5.97 Å². The lowest BCUT2D eigenvalue weighted by atomic mass is 9.71. The summed E-state index contributed by atoms with van der Waals surface area (Å²) in [7, 11) is 0. The van der Waals surface area contributed by atoms with E-state index in [1.165, 1.54) is 0 Å². The van der Waals surface area contributed by atoms with E-state index in [9.17, 15) is 19.5 Å². The molecule has 1 aromatic carbocycles. The summed E-state index contributed by atoms with van der Waals surface area (Å²) in [6, 6.07) is 6.49. The maximum Gasteiger partial charge on any atom is 0.310 e. The third-order valence-electron chi connectivity index (χ3n) is 4.60. The smallest absolute Gasteiger partial charge is 0.310 e. The van der Waals surface area contributed by atoms with E-state index in [2.05, 4.69) is 17.2 Å². The van der Waals surface area contributed by atoms with E-state index >= 15 is 0 Å². The first-order valence-electron chi connectivity index (χ1n) is 8.49. The molecule has 0 saturated heterocycles. The van der Waals surface area contributed by atoms with Gasteiger partial charge in [-0.15, -0.1) is 6.58 Å². The normalized spacial score (nSPS) is 15.8. The largest absolute Gasteiger partial charge is 0.481 e. The van der Waals surface area contributed by atoms with Crippen molar-refractivity contribution in [2.24, 2.45) is 5.41 Å². The molecular formula is C19H24N2O4. The summed E-state index contributed by atoms with van der Waals surface area (Å²) in [6.07, 6.45) is 5.35. The van der Waals surface area contributed by atoms with E-state index < -0.39 is 11.4 Å². The standard InChI is InChI=1S/C19H24N2O4/c1-2-12-20-17(23)14-6-8-15(9-7-14)21-16(22)13-19(18(24)25)10-4-3-5-11-19/h2,6-9H,1,3-5,10-13H2,(H,20,23)(H,21,22)(H,24,25). The molecule has 1 aromatic rings. The molecule has 6 heteroatoms. The fourth-order valence-corrected chi connectivity index (χ4v) is 3.18. The van der Waals surface area contributed by atoms with Crippen LogP contribution in [0.5, 0.6) is 0 Å². The van der Waals surface area contributed by atoms with Crippen molar-refractivity contribution >= 4 is 23.5 Å². The van der Waals surface area contributed by atoms with Crippen molar-refractivity contribution < 1.29 is 19.5 Å². The summed E-state index contributed by atoms with van der Waals surface area (Å²) in [5.41, 5.74) is 0.0723. The second-order valence-corrected chi connectivity index (χ2v) is 6.45. The zero-order valence-electron chi connectivity index (χ0n) is 14.2. The van der Waals surface area contributed by atoms with Gasteiger partial charge in [-0.25, -0.2) is 0 Å². The van der Waals surface area contributed by atoms with Crippen LogP contribution in [-0.2, 0) is 9.59 Å². The average Bonchev–Trinajstić information content (AvgIpc) is 2.60. The van der Waals surface area contributed by atoms with Gasteiger partial charge < -0.3 is 15.7 Å². The number of benzene rings is 1. The van der Waals surface area contributed by atoms with E-state index in [1.54, 1.807) is 30.3 Å². The van der Waals surface area contributed by atoms with Gasteiger partial charge in [0.2, 0.25) is 5.91 Å². The highest BCUT2D eigenvalue weighted by atomic mass is 16.4.